The summed E-state index contributed by atoms with van der Waals surface area (Å²) in [6.45, 7) is 1.94. The number of anilines is 1. The highest BCUT2D eigenvalue weighted by atomic mass is 32.2. The number of rotatable bonds is 5. The molecule has 3 aromatic rings. The molecule has 0 radical (unpaired) electrons. The average Bonchev–Trinajstić information content (AvgIpc) is 3.10. The van der Waals surface area contributed by atoms with Crippen molar-refractivity contribution >= 4 is 38.5 Å². The molecule has 0 saturated carbocycles. The van der Waals surface area contributed by atoms with Crippen molar-refractivity contribution in [2.24, 2.45) is 0 Å². The molecule has 4 rings (SSSR count). The maximum Gasteiger partial charge on any atom is 0.242 e. The second kappa shape index (κ2) is 6.70. The van der Waals surface area contributed by atoms with Crippen LogP contribution in [0.15, 0.2) is 47.4 Å². The molecule has 6 nitrogen and oxygen atoms in total. The summed E-state index contributed by atoms with van der Waals surface area (Å²) in [5, 5.41) is 0. The molecule has 2 heterocycles. The van der Waals surface area contributed by atoms with Crippen LogP contribution in [0.2, 0.25) is 0 Å². The molecule has 130 valence electrons. The predicted octanol–water partition coefficient (Wildman–Crippen LogP) is 2.42. The van der Waals surface area contributed by atoms with Gasteiger partial charge in [-0.3, -0.25) is 0 Å². The molecule has 1 N–H and O–H groups in total. The minimum Gasteiger partial charge on any atom is -0.370 e. The van der Waals surface area contributed by atoms with Crippen molar-refractivity contribution in [2.75, 3.05) is 24.5 Å². The average molecular weight is 374 g/mol. The van der Waals surface area contributed by atoms with Crippen LogP contribution < -0.4 is 9.62 Å². The Labute approximate surface area is 150 Å². The van der Waals surface area contributed by atoms with Crippen molar-refractivity contribution in [1.29, 1.82) is 0 Å². The molecule has 0 unspecified atom stereocenters. The molecule has 1 aromatic heterocycles. The van der Waals surface area contributed by atoms with Crippen LogP contribution in [0.25, 0.3) is 11.0 Å². The first-order chi connectivity index (χ1) is 12.1. The second-order valence-corrected chi connectivity index (χ2v) is 8.27. The molecule has 0 atom stereocenters. The number of aromatic nitrogens is 2. The number of fused-ring (bicyclic) bond motifs is 2. The molecule has 0 fully saturated rings. The molecular formula is C17H18N4O2S2. The Bertz CT molecular complexity index is 1000. The summed E-state index contributed by atoms with van der Waals surface area (Å²) in [7, 11) is -3.61. The number of sulfonamides is 1. The fourth-order valence-corrected chi connectivity index (χ4v) is 5.02. The Morgan fingerprint density at radius 2 is 2.00 bits per heavy atom. The molecule has 0 bridgehead atoms. The van der Waals surface area contributed by atoms with Gasteiger partial charge in [-0.15, -0.1) is 0 Å². The molecular weight excluding hydrogens is 356 g/mol. The minimum atomic E-state index is -3.61. The van der Waals surface area contributed by atoms with Gasteiger partial charge in [0.05, 0.1) is 11.7 Å². The number of nitrogens with zero attached hydrogens (tertiary/aromatic N) is 3. The molecule has 25 heavy (non-hydrogen) atoms. The molecule has 0 saturated heterocycles. The Hall–Kier alpha value is -2.03. The van der Waals surface area contributed by atoms with Gasteiger partial charge in [-0.05, 0) is 36.6 Å². The SMILES string of the molecule is O=S(=O)(NCCN1CCCc2ccccc21)c1cccc2nsnc12. The van der Waals surface area contributed by atoms with Gasteiger partial charge in [-0.1, -0.05) is 24.3 Å². The Kier molecular flexibility index (Phi) is 4.41. The van der Waals surface area contributed by atoms with Gasteiger partial charge in [0.1, 0.15) is 15.9 Å². The van der Waals surface area contributed by atoms with Crippen LogP contribution in [0.4, 0.5) is 5.69 Å². The minimum absolute atomic E-state index is 0.192. The van der Waals surface area contributed by atoms with Crippen LogP contribution in [0.3, 0.4) is 0 Å². The third-order valence-electron chi connectivity index (χ3n) is 4.42. The van der Waals surface area contributed by atoms with Crippen LogP contribution in [0.1, 0.15) is 12.0 Å². The highest BCUT2D eigenvalue weighted by Crippen LogP contribution is 2.26. The quantitative estimate of drug-likeness (QED) is 0.742. The third kappa shape index (κ3) is 3.24. The summed E-state index contributed by atoms with van der Waals surface area (Å²) < 4.78 is 36.2. The maximum atomic E-state index is 12.6. The molecule has 8 heteroatoms. The molecule has 2 aromatic carbocycles. The Morgan fingerprint density at radius 1 is 1.12 bits per heavy atom. The molecule has 1 aliphatic rings. The van der Waals surface area contributed by atoms with Crippen molar-refractivity contribution in [2.45, 2.75) is 17.7 Å². The molecule has 0 aliphatic carbocycles. The van der Waals surface area contributed by atoms with Crippen LogP contribution in [0.5, 0.6) is 0 Å². The number of hydrogen-bond donors (Lipinski definition) is 1. The first-order valence-electron chi connectivity index (χ1n) is 8.19. The lowest BCUT2D eigenvalue weighted by Crippen LogP contribution is -2.37. The lowest BCUT2D eigenvalue weighted by Gasteiger charge is -2.31. The highest BCUT2D eigenvalue weighted by Gasteiger charge is 2.20. The molecule has 0 spiro atoms. The molecule has 1 aliphatic heterocycles. The summed E-state index contributed by atoms with van der Waals surface area (Å²) in [5.41, 5.74) is 3.58. The standard InChI is InChI=1S/C17H18N4O2S2/c22-25(23,16-9-3-7-14-17(16)20-24-19-14)18-10-12-21-11-4-6-13-5-1-2-8-15(13)21/h1-3,5,7-9,18H,4,6,10-12H2. The topological polar surface area (TPSA) is 75.2 Å². The van der Waals surface area contributed by atoms with E-state index in [0.717, 1.165) is 31.1 Å². The van der Waals surface area contributed by atoms with Crippen LogP contribution in [0, 0.1) is 0 Å². The van der Waals surface area contributed by atoms with E-state index in [4.69, 9.17) is 0 Å². The first kappa shape index (κ1) is 16.4. The predicted molar refractivity (Wildman–Crippen MR) is 99.6 cm³/mol. The van der Waals surface area contributed by atoms with E-state index < -0.39 is 10.0 Å². The number of nitrogens with one attached hydrogen (secondary N) is 1. The number of benzene rings is 2. The largest absolute Gasteiger partial charge is 0.370 e. The molecule has 0 amide bonds. The monoisotopic (exact) mass is 374 g/mol. The van der Waals surface area contributed by atoms with Crippen LogP contribution in [-0.2, 0) is 16.4 Å². The summed E-state index contributed by atoms with van der Waals surface area (Å²) in [6, 6.07) is 13.3. The van der Waals surface area contributed by atoms with Crippen LogP contribution in [-0.4, -0.2) is 36.8 Å². The van der Waals surface area contributed by atoms with Gasteiger partial charge in [0.15, 0.2) is 0 Å². The van der Waals surface area contributed by atoms with Gasteiger partial charge in [0.25, 0.3) is 0 Å². The smallest absolute Gasteiger partial charge is 0.242 e. The van der Waals surface area contributed by atoms with E-state index in [9.17, 15) is 8.42 Å². The van der Waals surface area contributed by atoms with Gasteiger partial charge in [0.2, 0.25) is 10.0 Å². The van der Waals surface area contributed by atoms with E-state index in [2.05, 4.69) is 30.5 Å². The van der Waals surface area contributed by atoms with Gasteiger partial charge < -0.3 is 4.90 Å². The van der Waals surface area contributed by atoms with Crippen molar-refractivity contribution < 1.29 is 8.42 Å². The summed E-state index contributed by atoms with van der Waals surface area (Å²) in [4.78, 5) is 2.43. The Morgan fingerprint density at radius 3 is 2.92 bits per heavy atom. The zero-order valence-corrected chi connectivity index (χ0v) is 15.2. The lowest BCUT2D eigenvalue weighted by atomic mass is 10.0. The van der Waals surface area contributed by atoms with Crippen molar-refractivity contribution in [1.82, 2.24) is 13.5 Å². The fraction of sp³-hybridized carbons (Fsp3) is 0.294. The van der Waals surface area contributed by atoms with Gasteiger partial charge in [-0.2, -0.15) is 8.75 Å². The van der Waals surface area contributed by atoms with Crippen molar-refractivity contribution in [3.8, 4) is 0 Å². The normalized spacial score (nSPS) is 14.6. The Balaban J connectivity index is 1.48. The van der Waals surface area contributed by atoms with E-state index in [1.807, 2.05) is 12.1 Å². The van der Waals surface area contributed by atoms with E-state index >= 15 is 0 Å². The number of para-hydroxylation sites is 1. The van der Waals surface area contributed by atoms with Crippen LogP contribution >= 0.6 is 11.7 Å². The van der Waals surface area contributed by atoms with Gasteiger partial charge in [-0.25, -0.2) is 13.1 Å². The summed E-state index contributed by atoms with van der Waals surface area (Å²) in [5.74, 6) is 0. The first-order valence-corrected chi connectivity index (χ1v) is 10.4. The summed E-state index contributed by atoms with van der Waals surface area (Å²) in [6.07, 6.45) is 2.17. The number of hydrogen-bond acceptors (Lipinski definition) is 6. The van der Waals surface area contributed by atoms with E-state index in [1.165, 1.54) is 11.3 Å². The van der Waals surface area contributed by atoms with Crippen molar-refractivity contribution in [3.05, 3.63) is 48.0 Å². The van der Waals surface area contributed by atoms with Gasteiger partial charge >= 0.3 is 0 Å². The van der Waals surface area contributed by atoms with Gasteiger partial charge in [0, 0.05) is 25.3 Å². The fourth-order valence-electron chi connectivity index (χ4n) is 3.23. The maximum absolute atomic E-state index is 12.6. The zero-order valence-electron chi connectivity index (χ0n) is 13.6. The lowest BCUT2D eigenvalue weighted by molar-refractivity contribution is 0.580. The second-order valence-electron chi connectivity index (χ2n) is 6.01. The third-order valence-corrected chi connectivity index (χ3v) is 6.45. The zero-order chi connectivity index (χ0) is 17.3. The van der Waals surface area contributed by atoms with E-state index in [1.54, 1.807) is 18.2 Å². The van der Waals surface area contributed by atoms with Crippen molar-refractivity contribution in [3.63, 3.8) is 0 Å². The highest BCUT2D eigenvalue weighted by molar-refractivity contribution is 7.89. The van der Waals surface area contributed by atoms with E-state index in [-0.39, 0.29) is 4.90 Å². The van der Waals surface area contributed by atoms with E-state index in [0.29, 0.717) is 24.1 Å². The summed E-state index contributed by atoms with van der Waals surface area (Å²) >= 11 is 1.02. The number of aryl methyl sites for hydroxylation is 1.